The van der Waals surface area contributed by atoms with Crippen LogP contribution < -0.4 is 10.6 Å². The normalized spacial score (nSPS) is 9.85. The van der Waals surface area contributed by atoms with Gasteiger partial charge in [-0.05, 0) is 6.07 Å². The second kappa shape index (κ2) is 5.69. The number of nitrogens with one attached hydrogen (secondary N) is 2. The van der Waals surface area contributed by atoms with Gasteiger partial charge < -0.3 is 5.32 Å². The molecule has 0 saturated heterocycles. The van der Waals surface area contributed by atoms with E-state index in [1.165, 1.54) is 18.5 Å². The maximum atomic E-state index is 12.1. The van der Waals surface area contributed by atoms with Crippen LogP contribution in [0.1, 0.15) is 10.4 Å². The fraction of sp³-hybridized carbons (Fsp3) is 0.0909. The first-order valence-electron chi connectivity index (χ1n) is 5.52. The first-order chi connectivity index (χ1) is 9.61. The van der Waals surface area contributed by atoms with Crippen molar-refractivity contribution in [3.8, 4) is 0 Å². The molecule has 2 heterocycles. The number of nitro groups is 1. The third-order valence-corrected chi connectivity index (χ3v) is 2.37. The molecule has 0 fully saturated rings. The van der Waals surface area contributed by atoms with Crippen molar-refractivity contribution in [2.45, 2.75) is 0 Å². The maximum Gasteiger partial charge on any atom is 0.300 e. The molecule has 0 unspecified atom stereocenters. The Kier molecular flexibility index (Phi) is 3.80. The predicted molar refractivity (Wildman–Crippen MR) is 70.4 cm³/mol. The van der Waals surface area contributed by atoms with E-state index in [2.05, 4.69) is 25.6 Å². The number of nitrogens with zero attached hydrogens (tertiary/aromatic N) is 4. The minimum Gasteiger partial charge on any atom is -0.373 e. The van der Waals surface area contributed by atoms with E-state index in [4.69, 9.17) is 0 Å². The quantitative estimate of drug-likeness (QED) is 0.631. The molecule has 0 bridgehead atoms. The molecule has 1 amide bonds. The minimum atomic E-state index is -0.679. The molecule has 0 radical (unpaired) electrons. The van der Waals surface area contributed by atoms with Crippen molar-refractivity contribution >= 4 is 23.4 Å². The molecule has 2 N–H and O–H groups in total. The third kappa shape index (κ3) is 2.83. The molecular weight excluding hydrogens is 264 g/mol. The second-order valence-electron chi connectivity index (χ2n) is 3.62. The van der Waals surface area contributed by atoms with Crippen LogP contribution >= 0.6 is 0 Å². The molecular formula is C11H10N6O3. The number of anilines is 2. The van der Waals surface area contributed by atoms with E-state index in [-0.39, 0.29) is 11.5 Å². The van der Waals surface area contributed by atoms with Gasteiger partial charge in [0.2, 0.25) is 5.95 Å². The highest BCUT2D eigenvalue weighted by Crippen LogP contribution is 2.20. The Labute approximate surface area is 113 Å². The number of hydrogen-bond acceptors (Lipinski definition) is 7. The average molecular weight is 274 g/mol. The van der Waals surface area contributed by atoms with E-state index in [9.17, 15) is 14.9 Å². The van der Waals surface area contributed by atoms with Gasteiger partial charge in [-0.3, -0.25) is 20.2 Å². The third-order valence-electron chi connectivity index (χ3n) is 2.37. The van der Waals surface area contributed by atoms with E-state index in [0.29, 0.717) is 5.82 Å². The van der Waals surface area contributed by atoms with Gasteiger partial charge in [0.25, 0.3) is 11.6 Å². The molecule has 0 aliphatic rings. The largest absolute Gasteiger partial charge is 0.373 e. The van der Waals surface area contributed by atoms with Crippen molar-refractivity contribution in [2.24, 2.45) is 0 Å². The summed E-state index contributed by atoms with van der Waals surface area (Å²) in [5, 5.41) is 16.0. The Balaban J connectivity index is 2.35. The molecule has 2 aromatic rings. The molecule has 2 rings (SSSR count). The summed E-state index contributed by atoms with van der Waals surface area (Å²) in [6, 6.07) is 2.88. The zero-order valence-corrected chi connectivity index (χ0v) is 10.4. The fourth-order valence-corrected chi connectivity index (χ4v) is 1.44. The summed E-state index contributed by atoms with van der Waals surface area (Å²) in [6.07, 6.45) is 3.91. The molecule has 20 heavy (non-hydrogen) atoms. The van der Waals surface area contributed by atoms with Crippen molar-refractivity contribution in [1.29, 1.82) is 0 Å². The molecule has 0 spiro atoms. The highest BCUT2D eigenvalue weighted by atomic mass is 16.6. The van der Waals surface area contributed by atoms with Gasteiger partial charge in [-0.15, -0.1) is 0 Å². The molecule has 102 valence electrons. The zero-order chi connectivity index (χ0) is 14.5. The monoisotopic (exact) mass is 274 g/mol. The summed E-state index contributed by atoms with van der Waals surface area (Å²) < 4.78 is 0. The van der Waals surface area contributed by atoms with Crippen molar-refractivity contribution in [3.63, 3.8) is 0 Å². The molecule has 0 saturated carbocycles. The first-order valence-corrected chi connectivity index (χ1v) is 5.52. The van der Waals surface area contributed by atoms with E-state index in [0.717, 1.165) is 6.20 Å². The van der Waals surface area contributed by atoms with Crippen LogP contribution in [0.25, 0.3) is 0 Å². The number of rotatable bonds is 4. The Morgan fingerprint density at radius 2 is 2.00 bits per heavy atom. The highest BCUT2D eigenvalue weighted by Gasteiger charge is 2.22. The van der Waals surface area contributed by atoms with Crippen LogP contribution in [-0.2, 0) is 0 Å². The Morgan fingerprint density at radius 1 is 1.30 bits per heavy atom. The molecule has 0 atom stereocenters. The number of amides is 1. The Morgan fingerprint density at radius 3 is 2.60 bits per heavy atom. The van der Waals surface area contributed by atoms with Crippen LogP contribution in [0.4, 0.5) is 17.5 Å². The lowest BCUT2D eigenvalue weighted by Gasteiger charge is -2.05. The van der Waals surface area contributed by atoms with Gasteiger partial charge in [-0.1, -0.05) is 0 Å². The summed E-state index contributed by atoms with van der Waals surface area (Å²) in [6.45, 7) is 0. The number of pyridine rings is 1. The summed E-state index contributed by atoms with van der Waals surface area (Å²) in [7, 11) is 1.59. The molecule has 0 aliphatic carbocycles. The number of carbonyl (C=O) groups is 1. The topological polar surface area (TPSA) is 123 Å². The Bertz CT molecular complexity index is 646. The number of carbonyl (C=O) groups excluding carboxylic acids is 1. The number of aromatic nitrogens is 3. The van der Waals surface area contributed by atoms with Gasteiger partial charge in [-0.25, -0.2) is 15.0 Å². The van der Waals surface area contributed by atoms with Gasteiger partial charge in [0.05, 0.1) is 4.92 Å². The predicted octanol–water partition coefficient (Wildman–Crippen LogP) is 1.07. The van der Waals surface area contributed by atoms with Crippen LogP contribution in [0.3, 0.4) is 0 Å². The minimum absolute atomic E-state index is 0.0645. The standard InChI is InChI=1S/C11H10N6O3/c1-12-9-5-7(8(6-15-9)17(19)20)10(18)16-11-13-3-2-4-14-11/h2-6H,1H3,(H,12,15)(H,13,14,16,18). The van der Waals surface area contributed by atoms with E-state index >= 15 is 0 Å². The van der Waals surface area contributed by atoms with E-state index in [1.54, 1.807) is 13.1 Å². The van der Waals surface area contributed by atoms with Gasteiger partial charge >= 0.3 is 0 Å². The zero-order valence-electron chi connectivity index (χ0n) is 10.4. The lowest BCUT2D eigenvalue weighted by Crippen LogP contribution is -2.16. The van der Waals surface area contributed by atoms with Crippen molar-refractivity contribution in [3.05, 3.63) is 46.4 Å². The SMILES string of the molecule is CNc1cc(C(=O)Nc2ncccn2)c([N+](=O)[O-])cn1. The molecule has 9 nitrogen and oxygen atoms in total. The lowest BCUT2D eigenvalue weighted by atomic mass is 10.2. The molecule has 9 heteroatoms. The lowest BCUT2D eigenvalue weighted by molar-refractivity contribution is -0.385. The summed E-state index contributed by atoms with van der Waals surface area (Å²) >= 11 is 0. The van der Waals surface area contributed by atoms with Crippen molar-refractivity contribution in [1.82, 2.24) is 15.0 Å². The van der Waals surface area contributed by atoms with Gasteiger partial charge in [-0.2, -0.15) is 0 Å². The highest BCUT2D eigenvalue weighted by molar-refractivity contribution is 6.06. The first kappa shape index (κ1) is 13.3. The average Bonchev–Trinajstić information content (AvgIpc) is 2.47. The molecule has 0 aliphatic heterocycles. The van der Waals surface area contributed by atoms with Crippen LogP contribution in [0.5, 0.6) is 0 Å². The van der Waals surface area contributed by atoms with Gasteiger partial charge in [0.15, 0.2) is 0 Å². The Hall–Kier alpha value is -3.10. The van der Waals surface area contributed by atoms with E-state index < -0.39 is 16.5 Å². The molecule has 0 aromatic carbocycles. The second-order valence-corrected chi connectivity index (χ2v) is 3.62. The van der Waals surface area contributed by atoms with Crippen LogP contribution in [-0.4, -0.2) is 32.8 Å². The summed E-state index contributed by atoms with van der Waals surface area (Å²) in [4.78, 5) is 33.7. The molecule has 2 aromatic heterocycles. The van der Waals surface area contributed by atoms with Crippen molar-refractivity contribution in [2.75, 3.05) is 17.7 Å². The van der Waals surface area contributed by atoms with Crippen LogP contribution in [0.15, 0.2) is 30.7 Å². The van der Waals surface area contributed by atoms with Gasteiger partial charge in [0, 0.05) is 25.5 Å². The summed E-state index contributed by atoms with van der Waals surface area (Å²) in [5.74, 6) is -0.272. The van der Waals surface area contributed by atoms with E-state index in [1.807, 2.05) is 0 Å². The van der Waals surface area contributed by atoms with Crippen LogP contribution in [0, 0.1) is 10.1 Å². The van der Waals surface area contributed by atoms with Crippen LogP contribution in [0.2, 0.25) is 0 Å². The number of hydrogen-bond donors (Lipinski definition) is 2. The smallest absolute Gasteiger partial charge is 0.300 e. The van der Waals surface area contributed by atoms with Gasteiger partial charge in [0.1, 0.15) is 17.6 Å². The summed E-state index contributed by atoms with van der Waals surface area (Å²) in [5.41, 5.74) is -0.515. The maximum absolute atomic E-state index is 12.1. The fourth-order valence-electron chi connectivity index (χ4n) is 1.44. The van der Waals surface area contributed by atoms with Crippen molar-refractivity contribution < 1.29 is 9.72 Å².